The first-order chi connectivity index (χ1) is 32.4. The summed E-state index contributed by atoms with van der Waals surface area (Å²) in [5.41, 5.74) is 5.83. The van der Waals surface area contributed by atoms with Crippen molar-refractivity contribution in [2.24, 2.45) is 0 Å². The fourth-order valence-corrected chi connectivity index (χ4v) is 9.35. The van der Waals surface area contributed by atoms with Gasteiger partial charge in [0.05, 0.1) is 24.7 Å². The van der Waals surface area contributed by atoms with Crippen LogP contribution in [-0.4, -0.2) is 19.5 Å². The minimum atomic E-state index is -0.615. The predicted octanol–water partition coefficient (Wildman–Crippen LogP) is 13.9. The predicted molar refractivity (Wildman–Crippen MR) is 236 cm³/mol. The van der Waals surface area contributed by atoms with E-state index in [1.54, 1.807) is 0 Å². The highest BCUT2D eigenvalue weighted by Crippen LogP contribution is 2.47. The molecule has 0 bridgehead atoms. The zero-order valence-corrected chi connectivity index (χ0v) is 30.5. The fourth-order valence-electron chi connectivity index (χ4n) is 8.02. The average Bonchev–Trinajstić information content (AvgIpc) is 4.03. The highest BCUT2D eigenvalue weighted by molar-refractivity contribution is 7.26. The second-order valence-corrected chi connectivity index (χ2v) is 14.6. The van der Waals surface area contributed by atoms with Gasteiger partial charge in [-0.2, -0.15) is 0 Å². The zero-order chi connectivity index (χ0) is 46.2. The minimum Gasteiger partial charge on any atom is -0.456 e. The third kappa shape index (κ3) is 4.98. The standard InChI is InChI=1S/C51H30N4OS/c1-4-15-31(16-5-1)35-23-14-24-36-39-29-34(55-41-25-12-10-21-37(41)45-42(55)27-28-44-46(45)38-22-11-13-26-43(38)56-44)30-40(48(39)57-47(35)36)51-53-49(32-17-6-2-7-18-32)52-50(54-51)33-19-8-3-9-20-33/h1-30H/i2D,3D,6D,7D,8D,9D,17D,18D,19D,20D. The Labute approximate surface area is 344 Å². The molecule has 0 aliphatic rings. The van der Waals surface area contributed by atoms with Crippen LogP contribution in [0, 0.1) is 0 Å². The van der Waals surface area contributed by atoms with Gasteiger partial charge in [0.2, 0.25) is 0 Å². The molecular weight excluding hydrogens is 717 g/mol. The van der Waals surface area contributed by atoms with Crippen molar-refractivity contribution in [1.82, 2.24) is 19.5 Å². The molecule has 0 radical (unpaired) electrons. The Balaban J connectivity index is 1.24. The van der Waals surface area contributed by atoms with Crippen LogP contribution in [0.4, 0.5) is 0 Å². The van der Waals surface area contributed by atoms with E-state index in [-0.39, 0.29) is 28.6 Å². The summed E-state index contributed by atoms with van der Waals surface area (Å²) in [7, 11) is 0. The van der Waals surface area contributed by atoms with Gasteiger partial charge in [-0.3, -0.25) is 0 Å². The average molecular weight is 757 g/mol. The molecule has 5 nitrogen and oxygen atoms in total. The largest absolute Gasteiger partial charge is 0.456 e. The molecule has 0 unspecified atom stereocenters. The van der Waals surface area contributed by atoms with E-state index in [2.05, 4.69) is 58.1 Å². The van der Waals surface area contributed by atoms with E-state index in [1.165, 1.54) is 11.3 Å². The van der Waals surface area contributed by atoms with Gasteiger partial charge in [-0.15, -0.1) is 11.3 Å². The van der Waals surface area contributed by atoms with Crippen molar-refractivity contribution in [2.45, 2.75) is 0 Å². The van der Waals surface area contributed by atoms with E-state index >= 15 is 0 Å². The van der Waals surface area contributed by atoms with E-state index in [4.69, 9.17) is 28.1 Å². The van der Waals surface area contributed by atoms with Crippen molar-refractivity contribution in [3.8, 4) is 51.0 Å². The van der Waals surface area contributed by atoms with E-state index in [0.717, 1.165) is 80.7 Å². The van der Waals surface area contributed by atoms with E-state index in [9.17, 15) is 0 Å². The van der Waals surface area contributed by atoms with Crippen LogP contribution in [0.1, 0.15) is 13.7 Å². The monoisotopic (exact) mass is 756 g/mol. The van der Waals surface area contributed by atoms with Crippen LogP contribution in [0.25, 0.3) is 115 Å². The molecule has 0 aliphatic heterocycles. The summed E-state index contributed by atoms with van der Waals surface area (Å²) in [5, 5.41) is 5.73. The number of aromatic nitrogens is 4. The molecule has 4 aromatic heterocycles. The number of rotatable bonds is 5. The van der Waals surface area contributed by atoms with Crippen molar-refractivity contribution in [3.05, 3.63) is 182 Å². The van der Waals surface area contributed by atoms with Gasteiger partial charge in [0, 0.05) is 64.1 Å². The fraction of sp³-hybridized carbons (Fsp3) is 0. The SMILES string of the molecule is [2H]c1c([2H])c([2H])c(-c2nc(-c3c([2H])c([2H])c([2H])c([2H])c3[2H])nc(-c3cc(-n4c5ccccc5c5c6c(ccc54)oc4ccccc46)cc4c3sc3c(-c5ccccc5)cccc34)n2)c([2H])c1[2H]. The normalized spacial score (nSPS) is 14.3. The van der Waals surface area contributed by atoms with Crippen molar-refractivity contribution in [3.63, 3.8) is 0 Å². The summed E-state index contributed by atoms with van der Waals surface area (Å²) in [6, 6.07) is 34.4. The molecule has 0 atom stereocenters. The molecule has 0 N–H and O–H groups in total. The number of thiophene rings is 1. The van der Waals surface area contributed by atoms with Crippen molar-refractivity contribution < 1.29 is 18.1 Å². The van der Waals surface area contributed by atoms with Crippen LogP contribution in [0.5, 0.6) is 0 Å². The van der Waals surface area contributed by atoms with E-state index < -0.39 is 60.4 Å². The third-order valence-corrected chi connectivity index (χ3v) is 11.7. The molecule has 0 saturated heterocycles. The van der Waals surface area contributed by atoms with E-state index in [0.29, 0.717) is 5.56 Å². The Morgan fingerprint density at radius 2 is 1.11 bits per heavy atom. The van der Waals surface area contributed by atoms with Gasteiger partial charge in [0.25, 0.3) is 0 Å². The molecule has 6 heteroatoms. The molecule has 266 valence electrons. The lowest BCUT2D eigenvalue weighted by Gasteiger charge is -2.13. The van der Waals surface area contributed by atoms with Crippen LogP contribution in [0.2, 0.25) is 0 Å². The number of furan rings is 1. The van der Waals surface area contributed by atoms with Gasteiger partial charge in [0.15, 0.2) is 17.5 Å². The second kappa shape index (κ2) is 12.6. The zero-order valence-electron chi connectivity index (χ0n) is 39.7. The number of hydrogen-bond donors (Lipinski definition) is 0. The summed E-state index contributed by atoms with van der Waals surface area (Å²) in [6.45, 7) is 0. The van der Waals surface area contributed by atoms with Crippen LogP contribution >= 0.6 is 11.3 Å². The maximum Gasteiger partial charge on any atom is 0.165 e. The lowest BCUT2D eigenvalue weighted by Crippen LogP contribution is -2.01. The quantitative estimate of drug-likeness (QED) is 0.175. The molecule has 0 saturated carbocycles. The number of para-hydroxylation sites is 2. The number of fused-ring (bicyclic) bond motifs is 10. The Morgan fingerprint density at radius 3 is 1.88 bits per heavy atom. The smallest absolute Gasteiger partial charge is 0.165 e. The first kappa shape index (κ1) is 23.5. The van der Waals surface area contributed by atoms with Gasteiger partial charge in [-0.25, -0.2) is 15.0 Å². The molecule has 4 heterocycles. The Hall–Kier alpha value is -7.41. The van der Waals surface area contributed by atoms with Gasteiger partial charge < -0.3 is 8.98 Å². The number of benzene rings is 8. The first-order valence-corrected chi connectivity index (χ1v) is 19.0. The summed E-state index contributed by atoms with van der Waals surface area (Å²) in [6.07, 6.45) is 0. The summed E-state index contributed by atoms with van der Waals surface area (Å²) in [5.74, 6) is -0.679. The molecular formula is C51H30N4OS. The molecule has 57 heavy (non-hydrogen) atoms. The minimum absolute atomic E-state index is 0.0118. The Kier molecular flexibility index (Phi) is 5.18. The van der Waals surface area contributed by atoms with Gasteiger partial charge >= 0.3 is 0 Å². The van der Waals surface area contributed by atoms with Crippen molar-refractivity contribution >= 4 is 75.3 Å². The van der Waals surface area contributed by atoms with Crippen LogP contribution in [0.3, 0.4) is 0 Å². The lowest BCUT2D eigenvalue weighted by atomic mass is 10.0. The third-order valence-electron chi connectivity index (χ3n) is 10.4. The Morgan fingerprint density at radius 1 is 0.456 bits per heavy atom. The molecule has 12 aromatic rings. The van der Waals surface area contributed by atoms with Gasteiger partial charge in [-0.05, 0) is 47.5 Å². The highest BCUT2D eigenvalue weighted by Gasteiger charge is 2.23. The topological polar surface area (TPSA) is 56.7 Å². The van der Waals surface area contributed by atoms with Crippen LogP contribution in [-0.2, 0) is 0 Å². The van der Waals surface area contributed by atoms with Crippen molar-refractivity contribution in [1.29, 1.82) is 0 Å². The molecule has 12 rings (SSSR count). The maximum atomic E-state index is 8.95. The lowest BCUT2D eigenvalue weighted by molar-refractivity contribution is 0.669. The first-order valence-electron chi connectivity index (χ1n) is 23.2. The van der Waals surface area contributed by atoms with Crippen LogP contribution < -0.4 is 0 Å². The molecule has 0 fully saturated rings. The second-order valence-electron chi connectivity index (χ2n) is 13.6. The molecule has 0 spiro atoms. The molecule has 8 aromatic carbocycles. The highest BCUT2D eigenvalue weighted by atomic mass is 32.1. The Bertz CT molecular complexity index is 3980. The van der Waals surface area contributed by atoms with Gasteiger partial charge in [-0.1, -0.05) is 145 Å². The van der Waals surface area contributed by atoms with Gasteiger partial charge in [0.1, 0.15) is 11.2 Å². The number of hydrogen-bond acceptors (Lipinski definition) is 5. The van der Waals surface area contributed by atoms with Crippen LogP contribution in [0.15, 0.2) is 186 Å². The maximum absolute atomic E-state index is 8.95. The molecule has 0 aliphatic carbocycles. The summed E-state index contributed by atoms with van der Waals surface area (Å²) < 4.78 is 96.8. The van der Waals surface area contributed by atoms with Crippen molar-refractivity contribution in [2.75, 3.05) is 0 Å². The van der Waals surface area contributed by atoms with E-state index in [1.807, 2.05) is 72.8 Å². The summed E-state index contributed by atoms with van der Waals surface area (Å²) >= 11 is 1.51. The summed E-state index contributed by atoms with van der Waals surface area (Å²) in [4.78, 5) is 14.4. The molecule has 0 amide bonds. The number of nitrogens with zero attached hydrogens (tertiary/aromatic N) is 4.